The Balaban J connectivity index is 2.19. The second-order valence-electron chi connectivity index (χ2n) is 7.09. The molecule has 24 heavy (non-hydrogen) atoms. The van der Waals surface area contributed by atoms with Gasteiger partial charge in [0.1, 0.15) is 0 Å². The zero-order valence-electron chi connectivity index (χ0n) is 14.8. The van der Waals surface area contributed by atoms with Gasteiger partial charge in [-0.3, -0.25) is 9.69 Å². The number of rotatable bonds is 3. The number of nitrogens with zero attached hydrogens (tertiary/aromatic N) is 4. The molecule has 0 unspecified atom stereocenters. The predicted octanol–water partition coefficient (Wildman–Crippen LogP) is 4.44. The summed E-state index contributed by atoms with van der Waals surface area (Å²) in [7, 11) is 0. The fourth-order valence-electron chi connectivity index (χ4n) is 2.85. The Morgan fingerprint density at radius 2 is 1.67 bits per heavy atom. The van der Waals surface area contributed by atoms with Crippen LogP contribution in [0.5, 0.6) is 0 Å². The number of carbonyl (C=O) groups is 1. The number of aromatic nitrogens is 2. The number of fused-ring (bicyclic) bond motifs is 2. The fourth-order valence-corrected chi connectivity index (χ4v) is 2.85. The number of hydrogen-bond acceptors (Lipinski definition) is 4. The lowest BCUT2D eigenvalue weighted by Gasteiger charge is -2.39. The average Bonchev–Trinajstić information content (AvgIpc) is 2.57. The molecule has 2 aromatic rings. The van der Waals surface area contributed by atoms with Crippen LogP contribution in [-0.2, 0) is 4.79 Å². The Hall–Kier alpha value is -2.43. The standard InChI is InChI=1S/C19H24N4O/c1-5-6-13-22-14-9-7-12-21-17(14)23(18(24)19(2,3)4)15-10-8-11-20-16(15)22/h7-12H,5-6,13H2,1-4H3. The van der Waals surface area contributed by atoms with Crippen molar-refractivity contribution in [1.29, 1.82) is 0 Å². The molecule has 0 fully saturated rings. The predicted molar refractivity (Wildman–Crippen MR) is 97.0 cm³/mol. The first-order valence-corrected chi connectivity index (χ1v) is 8.47. The number of carbonyl (C=O) groups excluding carboxylic acids is 1. The molecule has 1 amide bonds. The number of unbranched alkanes of at least 4 members (excludes halogenated alkanes) is 1. The molecule has 0 aliphatic carbocycles. The molecule has 126 valence electrons. The molecule has 5 nitrogen and oxygen atoms in total. The van der Waals surface area contributed by atoms with Gasteiger partial charge in [0.05, 0.1) is 11.4 Å². The van der Waals surface area contributed by atoms with Gasteiger partial charge in [-0.1, -0.05) is 34.1 Å². The van der Waals surface area contributed by atoms with Crippen LogP contribution in [0.25, 0.3) is 0 Å². The Kier molecular flexibility index (Phi) is 4.26. The van der Waals surface area contributed by atoms with Crippen molar-refractivity contribution in [2.45, 2.75) is 40.5 Å². The fraction of sp³-hybridized carbons (Fsp3) is 0.421. The van der Waals surface area contributed by atoms with Gasteiger partial charge >= 0.3 is 0 Å². The van der Waals surface area contributed by atoms with Crippen LogP contribution in [0.4, 0.5) is 23.0 Å². The minimum absolute atomic E-state index is 0.0202. The van der Waals surface area contributed by atoms with E-state index < -0.39 is 5.41 Å². The van der Waals surface area contributed by atoms with Crippen molar-refractivity contribution < 1.29 is 4.79 Å². The third-order valence-electron chi connectivity index (χ3n) is 4.11. The van der Waals surface area contributed by atoms with Gasteiger partial charge in [-0.25, -0.2) is 9.97 Å². The Bertz CT molecular complexity index is 704. The van der Waals surface area contributed by atoms with Gasteiger partial charge in [-0.15, -0.1) is 0 Å². The molecular formula is C19H24N4O. The number of hydrogen-bond donors (Lipinski definition) is 0. The van der Waals surface area contributed by atoms with Gasteiger partial charge in [0.25, 0.3) is 0 Å². The van der Waals surface area contributed by atoms with Gasteiger partial charge < -0.3 is 4.90 Å². The highest BCUT2D eigenvalue weighted by molar-refractivity contribution is 6.09. The van der Waals surface area contributed by atoms with Crippen molar-refractivity contribution in [3.05, 3.63) is 36.7 Å². The second kappa shape index (κ2) is 6.23. The summed E-state index contributed by atoms with van der Waals surface area (Å²) in [6.45, 7) is 8.81. The summed E-state index contributed by atoms with van der Waals surface area (Å²) in [5.41, 5.74) is 1.24. The molecule has 2 aromatic heterocycles. The minimum Gasteiger partial charge on any atom is -0.321 e. The lowest BCUT2D eigenvalue weighted by atomic mass is 9.94. The van der Waals surface area contributed by atoms with Crippen LogP contribution in [0, 0.1) is 5.41 Å². The van der Waals surface area contributed by atoms with Gasteiger partial charge in [0, 0.05) is 24.4 Å². The summed E-state index contributed by atoms with van der Waals surface area (Å²) in [5.74, 6) is 1.53. The summed E-state index contributed by atoms with van der Waals surface area (Å²) in [4.78, 5) is 26.1. The third kappa shape index (κ3) is 2.75. The van der Waals surface area contributed by atoms with Crippen molar-refractivity contribution in [3.8, 4) is 0 Å². The first-order chi connectivity index (χ1) is 11.4. The SMILES string of the molecule is CCCCN1c2cccnc2N(C(=O)C(C)(C)C)c2cccnc21. The summed E-state index contributed by atoms with van der Waals surface area (Å²) >= 11 is 0. The molecule has 5 heteroatoms. The Morgan fingerprint density at radius 1 is 1.04 bits per heavy atom. The highest BCUT2D eigenvalue weighted by Crippen LogP contribution is 2.46. The van der Waals surface area contributed by atoms with Crippen molar-refractivity contribution in [3.63, 3.8) is 0 Å². The third-order valence-corrected chi connectivity index (χ3v) is 4.11. The van der Waals surface area contributed by atoms with Crippen LogP contribution in [0.15, 0.2) is 36.7 Å². The Morgan fingerprint density at radius 3 is 2.29 bits per heavy atom. The maximum Gasteiger partial charge on any atom is 0.238 e. The van der Waals surface area contributed by atoms with Crippen LogP contribution < -0.4 is 9.80 Å². The largest absolute Gasteiger partial charge is 0.321 e. The van der Waals surface area contributed by atoms with Crippen LogP contribution in [0.3, 0.4) is 0 Å². The lowest BCUT2D eigenvalue weighted by Crippen LogP contribution is -2.41. The van der Waals surface area contributed by atoms with E-state index >= 15 is 0 Å². The van der Waals surface area contributed by atoms with E-state index in [0.717, 1.165) is 36.6 Å². The molecule has 0 bridgehead atoms. The molecule has 0 N–H and O–H groups in total. The normalized spacial score (nSPS) is 13.5. The first kappa shape index (κ1) is 16.4. The van der Waals surface area contributed by atoms with E-state index in [1.54, 1.807) is 17.3 Å². The molecule has 0 saturated heterocycles. The van der Waals surface area contributed by atoms with Crippen molar-refractivity contribution in [2.75, 3.05) is 16.3 Å². The number of pyridine rings is 2. The quantitative estimate of drug-likeness (QED) is 0.837. The van der Waals surface area contributed by atoms with Crippen molar-refractivity contribution in [1.82, 2.24) is 9.97 Å². The summed E-state index contributed by atoms with van der Waals surface area (Å²) in [6, 6.07) is 7.74. The van der Waals surface area contributed by atoms with Crippen molar-refractivity contribution >= 4 is 28.9 Å². The maximum absolute atomic E-state index is 13.1. The topological polar surface area (TPSA) is 49.3 Å². The van der Waals surface area contributed by atoms with Crippen LogP contribution >= 0.6 is 0 Å². The van der Waals surface area contributed by atoms with E-state index in [1.807, 2.05) is 45.0 Å². The number of anilines is 4. The lowest BCUT2D eigenvalue weighted by molar-refractivity contribution is -0.125. The molecule has 0 atom stereocenters. The molecule has 0 radical (unpaired) electrons. The molecule has 0 saturated carbocycles. The maximum atomic E-state index is 13.1. The molecule has 1 aliphatic rings. The monoisotopic (exact) mass is 324 g/mol. The first-order valence-electron chi connectivity index (χ1n) is 8.47. The van der Waals surface area contributed by atoms with Crippen molar-refractivity contribution in [2.24, 2.45) is 5.41 Å². The van der Waals surface area contributed by atoms with Crippen LogP contribution in [0.1, 0.15) is 40.5 Å². The smallest absolute Gasteiger partial charge is 0.238 e. The highest BCUT2D eigenvalue weighted by Gasteiger charge is 2.38. The van der Waals surface area contributed by atoms with Gasteiger partial charge in [-0.2, -0.15) is 0 Å². The average molecular weight is 324 g/mol. The van der Waals surface area contributed by atoms with Crippen LogP contribution in [0.2, 0.25) is 0 Å². The van der Waals surface area contributed by atoms with E-state index in [-0.39, 0.29) is 5.91 Å². The molecule has 0 spiro atoms. The summed E-state index contributed by atoms with van der Waals surface area (Å²) in [5, 5.41) is 0. The molecule has 3 heterocycles. The molecule has 3 rings (SSSR count). The summed E-state index contributed by atoms with van der Waals surface area (Å²) < 4.78 is 0. The zero-order chi connectivity index (χ0) is 17.3. The molecule has 1 aliphatic heterocycles. The Labute approximate surface area is 143 Å². The van der Waals surface area contributed by atoms with E-state index in [2.05, 4.69) is 21.8 Å². The molecule has 0 aromatic carbocycles. The minimum atomic E-state index is -0.506. The second-order valence-corrected chi connectivity index (χ2v) is 7.09. The number of amides is 1. The van der Waals surface area contributed by atoms with E-state index in [1.165, 1.54) is 0 Å². The summed E-state index contributed by atoms with van der Waals surface area (Å²) in [6.07, 6.45) is 5.66. The molecular weight excluding hydrogens is 300 g/mol. The van der Waals surface area contributed by atoms with E-state index in [4.69, 9.17) is 0 Å². The van der Waals surface area contributed by atoms with E-state index in [0.29, 0.717) is 5.82 Å². The van der Waals surface area contributed by atoms with Gasteiger partial charge in [0.15, 0.2) is 11.6 Å². The van der Waals surface area contributed by atoms with E-state index in [9.17, 15) is 4.79 Å². The zero-order valence-corrected chi connectivity index (χ0v) is 14.8. The van der Waals surface area contributed by atoms with Gasteiger partial charge in [0.2, 0.25) is 5.91 Å². The van der Waals surface area contributed by atoms with Gasteiger partial charge in [-0.05, 0) is 30.7 Å². The highest BCUT2D eigenvalue weighted by atomic mass is 16.2. The van der Waals surface area contributed by atoms with Crippen LogP contribution in [-0.4, -0.2) is 22.4 Å².